The summed E-state index contributed by atoms with van der Waals surface area (Å²) in [6, 6.07) is 3.55. The van der Waals surface area contributed by atoms with E-state index in [1.807, 2.05) is 13.8 Å². The van der Waals surface area contributed by atoms with Crippen LogP contribution in [0.4, 0.5) is 0 Å². The molecule has 0 radical (unpaired) electrons. The van der Waals surface area contributed by atoms with E-state index in [9.17, 15) is 9.90 Å². The summed E-state index contributed by atoms with van der Waals surface area (Å²) < 4.78 is 11.3. The van der Waals surface area contributed by atoms with Gasteiger partial charge in [0.15, 0.2) is 0 Å². The molecular formula is C13H13BrO4. The molecular weight excluding hydrogens is 300 g/mol. The summed E-state index contributed by atoms with van der Waals surface area (Å²) in [5, 5.41) is 9.96. The first-order valence-corrected chi connectivity index (χ1v) is 6.28. The number of halogens is 1. The minimum absolute atomic E-state index is 0.00560. The number of aromatic carboxylic acids is 1. The van der Waals surface area contributed by atoms with Gasteiger partial charge < -0.3 is 14.3 Å². The van der Waals surface area contributed by atoms with E-state index in [0.717, 1.165) is 5.39 Å². The van der Waals surface area contributed by atoms with Crippen molar-refractivity contribution in [2.45, 2.75) is 19.8 Å². The number of carboxylic acids is 1. The minimum atomic E-state index is -1.05. The van der Waals surface area contributed by atoms with E-state index in [1.54, 1.807) is 19.2 Å². The van der Waals surface area contributed by atoms with Crippen LogP contribution in [0.3, 0.4) is 0 Å². The quantitative estimate of drug-likeness (QED) is 0.929. The summed E-state index contributed by atoms with van der Waals surface area (Å²) >= 11 is 3.37. The lowest BCUT2D eigenvalue weighted by Crippen LogP contribution is -2.00. The summed E-state index contributed by atoms with van der Waals surface area (Å²) in [6.07, 6.45) is 0. The largest absolute Gasteiger partial charge is 0.497 e. The van der Waals surface area contributed by atoms with Gasteiger partial charge in [-0.15, -0.1) is 0 Å². The van der Waals surface area contributed by atoms with Crippen molar-refractivity contribution in [3.05, 3.63) is 27.9 Å². The third-order valence-electron chi connectivity index (χ3n) is 2.76. The highest BCUT2D eigenvalue weighted by atomic mass is 79.9. The van der Waals surface area contributed by atoms with Gasteiger partial charge >= 0.3 is 5.97 Å². The second-order valence-corrected chi connectivity index (χ2v) is 5.14. The number of rotatable bonds is 3. The summed E-state index contributed by atoms with van der Waals surface area (Å²) in [7, 11) is 1.57. The smallest absolute Gasteiger partial charge is 0.372 e. The third kappa shape index (κ3) is 1.99. The molecule has 0 saturated heterocycles. The van der Waals surface area contributed by atoms with Crippen molar-refractivity contribution >= 4 is 32.9 Å². The van der Waals surface area contributed by atoms with E-state index in [0.29, 0.717) is 21.4 Å². The van der Waals surface area contributed by atoms with Gasteiger partial charge in [0.2, 0.25) is 5.76 Å². The van der Waals surface area contributed by atoms with Gasteiger partial charge in [-0.25, -0.2) is 4.79 Å². The zero-order valence-electron chi connectivity index (χ0n) is 10.3. The number of methoxy groups -OCH3 is 1. The number of furan rings is 1. The van der Waals surface area contributed by atoms with Crippen LogP contribution in [0.15, 0.2) is 21.0 Å². The van der Waals surface area contributed by atoms with Crippen molar-refractivity contribution in [1.29, 1.82) is 0 Å². The lowest BCUT2D eigenvalue weighted by molar-refractivity contribution is 0.0662. The molecule has 2 aromatic rings. The second-order valence-electron chi connectivity index (χ2n) is 4.29. The predicted molar refractivity (Wildman–Crippen MR) is 71.5 cm³/mol. The predicted octanol–water partition coefficient (Wildman–Crippen LogP) is 4.03. The highest BCUT2D eigenvalue weighted by molar-refractivity contribution is 9.10. The third-order valence-corrected chi connectivity index (χ3v) is 3.35. The molecule has 0 bridgehead atoms. The van der Waals surface area contributed by atoms with E-state index >= 15 is 0 Å². The van der Waals surface area contributed by atoms with Gasteiger partial charge in [-0.2, -0.15) is 0 Å². The molecule has 4 nitrogen and oxygen atoms in total. The molecule has 0 saturated carbocycles. The fourth-order valence-electron chi connectivity index (χ4n) is 2.00. The molecule has 0 aliphatic rings. The molecule has 1 aromatic heterocycles. The van der Waals surface area contributed by atoms with E-state index in [2.05, 4.69) is 15.9 Å². The number of carboxylic acid groups (broad SMARTS) is 1. The molecule has 1 N–H and O–H groups in total. The first-order chi connectivity index (χ1) is 8.45. The maximum atomic E-state index is 11.2. The molecule has 96 valence electrons. The monoisotopic (exact) mass is 312 g/mol. The number of carbonyl (C=O) groups is 1. The molecule has 0 atom stereocenters. The van der Waals surface area contributed by atoms with E-state index < -0.39 is 5.97 Å². The van der Waals surface area contributed by atoms with Gasteiger partial charge in [0.25, 0.3) is 0 Å². The van der Waals surface area contributed by atoms with Crippen LogP contribution in [0.5, 0.6) is 5.75 Å². The van der Waals surface area contributed by atoms with E-state index in [4.69, 9.17) is 9.15 Å². The Morgan fingerprint density at radius 3 is 2.61 bits per heavy atom. The van der Waals surface area contributed by atoms with Crippen molar-refractivity contribution in [2.24, 2.45) is 0 Å². The van der Waals surface area contributed by atoms with Gasteiger partial charge in [0.05, 0.1) is 11.6 Å². The molecule has 0 fully saturated rings. The first kappa shape index (κ1) is 13.0. The molecule has 1 heterocycles. The Kier molecular flexibility index (Phi) is 3.34. The van der Waals surface area contributed by atoms with Crippen LogP contribution in [0, 0.1) is 0 Å². The van der Waals surface area contributed by atoms with Crippen LogP contribution >= 0.6 is 15.9 Å². The molecule has 0 unspecified atom stereocenters. The molecule has 0 aliphatic heterocycles. The van der Waals surface area contributed by atoms with Gasteiger partial charge in [-0.05, 0) is 34.0 Å². The molecule has 18 heavy (non-hydrogen) atoms. The van der Waals surface area contributed by atoms with Crippen molar-refractivity contribution in [3.63, 3.8) is 0 Å². The topological polar surface area (TPSA) is 59.7 Å². The summed E-state index contributed by atoms with van der Waals surface area (Å²) in [5.74, 6) is -0.347. The maximum absolute atomic E-state index is 11.2. The minimum Gasteiger partial charge on any atom is -0.497 e. The lowest BCUT2D eigenvalue weighted by atomic mass is 9.99. The Labute approximate surface area is 113 Å². The molecule has 2 rings (SSSR count). The van der Waals surface area contributed by atoms with E-state index in [-0.39, 0.29) is 11.7 Å². The normalized spacial score (nSPS) is 11.2. The Hall–Kier alpha value is -1.49. The zero-order chi connectivity index (χ0) is 13.4. The number of ether oxygens (including phenoxy) is 1. The molecule has 0 amide bonds. The van der Waals surface area contributed by atoms with Crippen LogP contribution in [0.2, 0.25) is 0 Å². The van der Waals surface area contributed by atoms with Crippen LogP contribution in [0.25, 0.3) is 11.0 Å². The molecule has 1 aromatic carbocycles. The Balaban J connectivity index is 2.86. The van der Waals surface area contributed by atoms with Crippen LogP contribution in [-0.2, 0) is 0 Å². The van der Waals surface area contributed by atoms with Crippen molar-refractivity contribution in [2.75, 3.05) is 7.11 Å². The van der Waals surface area contributed by atoms with E-state index in [1.165, 1.54) is 0 Å². The van der Waals surface area contributed by atoms with Crippen molar-refractivity contribution in [3.8, 4) is 5.75 Å². The number of hydrogen-bond donors (Lipinski definition) is 1. The van der Waals surface area contributed by atoms with Crippen molar-refractivity contribution in [1.82, 2.24) is 0 Å². The average Bonchev–Trinajstić information content (AvgIpc) is 2.68. The molecule has 0 aliphatic carbocycles. The summed E-state index contributed by atoms with van der Waals surface area (Å²) in [5.41, 5.74) is 1.23. The average molecular weight is 313 g/mol. The summed E-state index contributed by atoms with van der Waals surface area (Å²) in [4.78, 5) is 11.2. The standard InChI is InChI=1S/C13H13BrO4/c1-6(2)10-8-4-7(17-3)5-9(14)11(8)18-12(10)13(15)16/h4-6H,1-3H3,(H,15,16). The lowest BCUT2D eigenvalue weighted by Gasteiger charge is -2.05. The Morgan fingerprint density at radius 1 is 1.44 bits per heavy atom. The van der Waals surface area contributed by atoms with Crippen molar-refractivity contribution < 1.29 is 19.1 Å². The molecule has 0 spiro atoms. The Morgan fingerprint density at radius 2 is 2.11 bits per heavy atom. The fraction of sp³-hybridized carbons (Fsp3) is 0.308. The van der Waals surface area contributed by atoms with Crippen LogP contribution < -0.4 is 4.74 Å². The van der Waals surface area contributed by atoms with Gasteiger partial charge in [-0.3, -0.25) is 0 Å². The number of fused-ring (bicyclic) bond motifs is 1. The van der Waals surface area contributed by atoms with Gasteiger partial charge in [-0.1, -0.05) is 13.8 Å². The van der Waals surface area contributed by atoms with Crippen LogP contribution in [-0.4, -0.2) is 18.2 Å². The van der Waals surface area contributed by atoms with Crippen LogP contribution in [0.1, 0.15) is 35.9 Å². The number of benzene rings is 1. The zero-order valence-corrected chi connectivity index (χ0v) is 11.9. The Bertz CT molecular complexity index is 613. The maximum Gasteiger partial charge on any atom is 0.372 e. The van der Waals surface area contributed by atoms with Gasteiger partial charge in [0, 0.05) is 10.9 Å². The number of hydrogen-bond acceptors (Lipinski definition) is 3. The fourth-order valence-corrected chi connectivity index (χ4v) is 2.52. The van der Waals surface area contributed by atoms with Gasteiger partial charge in [0.1, 0.15) is 11.3 Å². The summed E-state index contributed by atoms with van der Waals surface area (Å²) in [6.45, 7) is 3.87. The SMILES string of the molecule is COc1cc(Br)c2oc(C(=O)O)c(C(C)C)c2c1. The molecule has 5 heteroatoms. The first-order valence-electron chi connectivity index (χ1n) is 5.49. The highest BCUT2D eigenvalue weighted by Gasteiger charge is 2.23. The second kappa shape index (κ2) is 4.65. The highest BCUT2D eigenvalue weighted by Crippen LogP contribution is 2.38.